The van der Waals surface area contributed by atoms with Crippen molar-refractivity contribution < 1.29 is 39.4 Å². The van der Waals surface area contributed by atoms with Crippen molar-refractivity contribution in [2.24, 2.45) is 11.8 Å². The molecule has 0 spiro atoms. The zero-order chi connectivity index (χ0) is 25.1. The molecule has 6 rings (SSSR count). The van der Waals surface area contributed by atoms with Gasteiger partial charge in [0, 0.05) is 23.8 Å². The molecule has 190 valence electrons. The van der Waals surface area contributed by atoms with Crippen molar-refractivity contribution in [3.8, 4) is 0 Å². The van der Waals surface area contributed by atoms with Crippen LogP contribution < -0.4 is 0 Å². The number of benzene rings is 1. The number of aromatic nitrogens is 1. The number of rotatable bonds is 4. The molecule has 1 aromatic heterocycles. The Kier molecular flexibility index (Phi) is 5.83. The molecule has 0 radical (unpaired) electrons. The lowest BCUT2D eigenvalue weighted by Gasteiger charge is -2.45. The van der Waals surface area contributed by atoms with E-state index in [0.717, 1.165) is 22.2 Å². The maximum atomic E-state index is 13.5. The number of fused-ring (bicyclic) bond motifs is 5. The Labute approximate surface area is 207 Å². The number of amides is 1. The molecule has 4 N–H and O–H groups in total. The lowest BCUT2D eigenvalue weighted by molar-refractivity contribution is -0.339. The molecule has 10 nitrogen and oxygen atoms in total. The van der Waals surface area contributed by atoms with Gasteiger partial charge in [0.05, 0.1) is 35.7 Å². The number of hydrogen-bond acceptors (Lipinski definition) is 9. The third kappa shape index (κ3) is 3.56. The smallest absolute Gasteiger partial charge is 0.254 e. The molecule has 1 amide bonds. The lowest BCUT2D eigenvalue weighted by Crippen LogP contribution is -2.60. The molecular weight excluding hydrogens is 468 g/mol. The van der Waals surface area contributed by atoms with Gasteiger partial charge in [0.1, 0.15) is 24.4 Å². The van der Waals surface area contributed by atoms with E-state index in [4.69, 9.17) is 19.2 Å². The molecule has 4 aliphatic rings. The lowest BCUT2D eigenvalue weighted by atomic mass is 9.76. The van der Waals surface area contributed by atoms with Crippen LogP contribution in [-0.2, 0) is 25.5 Å². The number of carbonyl (C=O) groups is 1. The molecule has 2 saturated heterocycles. The average molecular weight is 497 g/mol. The molecule has 0 saturated carbocycles. The monoisotopic (exact) mass is 496 g/mol. The van der Waals surface area contributed by atoms with Gasteiger partial charge in [0.2, 0.25) is 6.29 Å². The average Bonchev–Trinajstić information content (AvgIpc) is 3.25. The largest absolute Gasteiger partial charge is 0.471 e. The number of para-hydroxylation sites is 1. The summed E-state index contributed by atoms with van der Waals surface area (Å²) >= 11 is 0. The van der Waals surface area contributed by atoms with Crippen molar-refractivity contribution in [1.29, 1.82) is 0 Å². The van der Waals surface area contributed by atoms with Gasteiger partial charge in [-0.1, -0.05) is 24.3 Å². The van der Waals surface area contributed by atoms with Gasteiger partial charge in [-0.25, -0.2) is 0 Å². The quantitative estimate of drug-likeness (QED) is 0.445. The van der Waals surface area contributed by atoms with E-state index < -0.39 is 49.5 Å². The standard InChI is InChI=1S/C26H28N2O8/c1-2-14-15-8-18-20-13(7-12-5-3-4-6-17(12)27-20)9-28(18)24(33)16(15)11-34-25(14)36-26-23(32)22(31)21(30)19(10-29)35-26/h2-7,11,14-15,18-19,21-23,25-26,29-32H,1,8-10H2. The normalized spacial score (nSPS) is 37.6. The summed E-state index contributed by atoms with van der Waals surface area (Å²) in [7, 11) is 0. The van der Waals surface area contributed by atoms with Crippen molar-refractivity contribution in [3.05, 3.63) is 66.1 Å². The molecule has 2 aromatic rings. The van der Waals surface area contributed by atoms with Gasteiger partial charge in [0.15, 0.2) is 6.29 Å². The fourth-order valence-electron chi connectivity index (χ4n) is 5.81. The maximum Gasteiger partial charge on any atom is 0.254 e. The molecule has 2 fully saturated rings. The number of nitrogens with zero attached hydrogens (tertiary/aromatic N) is 2. The molecular formula is C26H28N2O8. The fourth-order valence-corrected chi connectivity index (χ4v) is 5.81. The highest BCUT2D eigenvalue weighted by Gasteiger charge is 2.51. The minimum absolute atomic E-state index is 0.128. The Morgan fingerprint density at radius 1 is 1.17 bits per heavy atom. The van der Waals surface area contributed by atoms with E-state index in [1.54, 1.807) is 6.08 Å². The molecule has 10 heteroatoms. The van der Waals surface area contributed by atoms with Crippen LogP contribution in [0.5, 0.6) is 0 Å². The molecule has 1 aromatic carbocycles. The van der Waals surface area contributed by atoms with Gasteiger partial charge in [-0.3, -0.25) is 9.78 Å². The summed E-state index contributed by atoms with van der Waals surface area (Å²) < 4.78 is 17.2. The summed E-state index contributed by atoms with van der Waals surface area (Å²) in [5, 5.41) is 41.0. The highest BCUT2D eigenvalue weighted by atomic mass is 16.8. The van der Waals surface area contributed by atoms with Gasteiger partial charge in [-0.05, 0) is 24.1 Å². The van der Waals surface area contributed by atoms with Gasteiger partial charge in [-0.2, -0.15) is 0 Å². The first-order valence-corrected chi connectivity index (χ1v) is 12.0. The van der Waals surface area contributed by atoms with Crippen LogP contribution in [0.15, 0.2) is 54.8 Å². The Morgan fingerprint density at radius 3 is 2.75 bits per heavy atom. The van der Waals surface area contributed by atoms with E-state index in [2.05, 4.69) is 12.6 Å². The number of aliphatic hydroxyl groups is 4. The van der Waals surface area contributed by atoms with E-state index in [1.807, 2.05) is 29.2 Å². The zero-order valence-corrected chi connectivity index (χ0v) is 19.4. The topological polar surface area (TPSA) is 142 Å². The third-order valence-corrected chi connectivity index (χ3v) is 7.75. The summed E-state index contributed by atoms with van der Waals surface area (Å²) in [5.74, 6) is -0.872. The molecule has 0 aliphatic carbocycles. The van der Waals surface area contributed by atoms with Crippen molar-refractivity contribution in [2.75, 3.05) is 6.61 Å². The minimum Gasteiger partial charge on any atom is -0.471 e. The van der Waals surface area contributed by atoms with Crippen LogP contribution in [-0.4, -0.2) is 79.8 Å². The Hall–Kier alpha value is -2.86. The number of ether oxygens (including phenoxy) is 3. The van der Waals surface area contributed by atoms with Gasteiger partial charge < -0.3 is 39.5 Å². The highest BCUT2D eigenvalue weighted by Crippen LogP contribution is 2.49. The van der Waals surface area contributed by atoms with Crippen molar-refractivity contribution in [3.63, 3.8) is 0 Å². The van der Waals surface area contributed by atoms with Gasteiger partial charge in [0.25, 0.3) is 5.91 Å². The van der Waals surface area contributed by atoms with Crippen LogP contribution >= 0.6 is 0 Å². The van der Waals surface area contributed by atoms with Crippen LogP contribution in [0, 0.1) is 11.8 Å². The first-order chi connectivity index (χ1) is 17.4. The first-order valence-electron chi connectivity index (χ1n) is 12.0. The molecule has 5 heterocycles. The number of piperidine rings is 1. The number of aliphatic hydroxyl groups excluding tert-OH is 4. The van der Waals surface area contributed by atoms with Crippen molar-refractivity contribution in [2.45, 2.75) is 56.0 Å². The summed E-state index contributed by atoms with van der Waals surface area (Å²) in [6, 6.07) is 9.76. The van der Waals surface area contributed by atoms with Crippen molar-refractivity contribution in [1.82, 2.24) is 9.88 Å². The summed E-state index contributed by atoms with van der Waals surface area (Å²) in [4.78, 5) is 20.2. The number of carbonyl (C=O) groups excluding carboxylic acids is 1. The Balaban J connectivity index is 1.27. The highest BCUT2D eigenvalue weighted by molar-refractivity contribution is 5.96. The van der Waals surface area contributed by atoms with Crippen LogP contribution in [0.25, 0.3) is 10.9 Å². The maximum absolute atomic E-state index is 13.5. The van der Waals surface area contributed by atoms with Crippen LogP contribution in [0.3, 0.4) is 0 Å². The van der Waals surface area contributed by atoms with Gasteiger partial charge in [-0.15, -0.1) is 6.58 Å². The summed E-state index contributed by atoms with van der Waals surface area (Å²) in [6.07, 6.45) is -4.43. The minimum atomic E-state index is -1.57. The molecule has 36 heavy (non-hydrogen) atoms. The second-order valence-electron chi connectivity index (χ2n) is 9.74. The third-order valence-electron chi connectivity index (χ3n) is 7.75. The summed E-state index contributed by atoms with van der Waals surface area (Å²) in [6.45, 7) is 3.84. The van der Waals surface area contributed by atoms with Gasteiger partial charge >= 0.3 is 0 Å². The zero-order valence-electron chi connectivity index (χ0n) is 19.4. The van der Waals surface area contributed by atoms with Crippen molar-refractivity contribution >= 4 is 16.8 Å². The van der Waals surface area contributed by atoms with E-state index in [9.17, 15) is 25.2 Å². The van der Waals surface area contributed by atoms with E-state index >= 15 is 0 Å². The first kappa shape index (κ1) is 23.5. The molecule has 9 unspecified atom stereocenters. The number of pyridine rings is 1. The van der Waals surface area contributed by atoms with E-state index in [1.165, 1.54) is 6.26 Å². The Bertz CT molecular complexity index is 1230. The van der Waals surface area contributed by atoms with Crippen LogP contribution in [0.4, 0.5) is 0 Å². The van der Waals surface area contributed by atoms with E-state index in [0.29, 0.717) is 18.5 Å². The second-order valence-corrected chi connectivity index (χ2v) is 9.74. The van der Waals surface area contributed by atoms with Crippen LogP contribution in [0.1, 0.15) is 23.7 Å². The molecule has 4 aliphatic heterocycles. The van der Waals surface area contributed by atoms with E-state index in [-0.39, 0.29) is 17.9 Å². The predicted molar refractivity (Wildman–Crippen MR) is 125 cm³/mol. The Morgan fingerprint density at radius 2 is 1.97 bits per heavy atom. The summed E-state index contributed by atoms with van der Waals surface area (Å²) in [5.41, 5.74) is 3.31. The second kappa shape index (κ2) is 8.91. The SMILES string of the molecule is C=CC1C(OC2OC(CO)C(O)C(O)C2O)OC=C2C(=O)N3Cc4cc5ccccc5nc4C3CC21. The predicted octanol–water partition coefficient (Wildman–Crippen LogP) is 0.497. The molecule has 0 bridgehead atoms. The van der Waals surface area contributed by atoms with Crippen LogP contribution in [0.2, 0.25) is 0 Å². The number of hydrogen-bond donors (Lipinski definition) is 4. The fraction of sp³-hybridized carbons (Fsp3) is 0.462. The molecule has 9 atom stereocenters.